The number of pyridine rings is 1. The lowest BCUT2D eigenvalue weighted by Crippen LogP contribution is -2.01. The standard InChI is InChI=1S/C18H15N5/c1-3-9-15(10-4-1)18(22-20-16-11-5-2-6-12-16)23-21-17-13-7-8-14-19-17/h1-14H,(H,19,21)/b22-20+,23-18+. The van der Waals surface area contributed by atoms with E-state index in [4.69, 9.17) is 0 Å². The van der Waals surface area contributed by atoms with Gasteiger partial charge in [0.2, 0.25) is 5.84 Å². The van der Waals surface area contributed by atoms with E-state index in [1.807, 2.05) is 78.9 Å². The molecule has 0 atom stereocenters. The number of hydrazone groups is 1. The highest BCUT2D eigenvalue weighted by molar-refractivity contribution is 5.99. The van der Waals surface area contributed by atoms with Crippen molar-refractivity contribution in [3.63, 3.8) is 0 Å². The Balaban J connectivity index is 1.86. The Morgan fingerprint density at radius 3 is 2.17 bits per heavy atom. The lowest BCUT2D eigenvalue weighted by Gasteiger charge is -2.02. The molecule has 0 aliphatic rings. The summed E-state index contributed by atoms with van der Waals surface area (Å²) in [6, 6.07) is 24.8. The monoisotopic (exact) mass is 301 g/mol. The van der Waals surface area contributed by atoms with Gasteiger partial charge in [-0.05, 0) is 24.3 Å². The molecular formula is C18H15N5. The van der Waals surface area contributed by atoms with Gasteiger partial charge in [-0.1, -0.05) is 54.6 Å². The molecule has 3 rings (SSSR count). The van der Waals surface area contributed by atoms with Gasteiger partial charge in [-0.3, -0.25) is 5.43 Å². The third-order valence-corrected chi connectivity index (χ3v) is 2.99. The van der Waals surface area contributed by atoms with E-state index in [0.717, 1.165) is 11.3 Å². The quantitative estimate of drug-likeness (QED) is 0.330. The van der Waals surface area contributed by atoms with Gasteiger partial charge in [-0.25, -0.2) is 4.98 Å². The average molecular weight is 301 g/mol. The molecule has 0 aliphatic carbocycles. The molecule has 0 saturated heterocycles. The van der Waals surface area contributed by atoms with Gasteiger partial charge < -0.3 is 0 Å². The van der Waals surface area contributed by atoms with Crippen molar-refractivity contribution in [2.75, 3.05) is 5.43 Å². The fraction of sp³-hybridized carbons (Fsp3) is 0. The van der Waals surface area contributed by atoms with Gasteiger partial charge in [0.15, 0.2) is 0 Å². The summed E-state index contributed by atoms with van der Waals surface area (Å²) in [5, 5.41) is 12.8. The lowest BCUT2D eigenvalue weighted by molar-refractivity contribution is 1.19. The Morgan fingerprint density at radius 2 is 1.48 bits per heavy atom. The molecule has 0 bridgehead atoms. The van der Waals surface area contributed by atoms with Crippen molar-refractivity contribution in [3.05, 3.63) is 90.6 Å². The van der Waals surface area contributed by atoms with Gasteiger partial charge in [0.25, 0.3) is 0 Å². The number of benzene rings is 2. The van der Waals surface area contributed by atoms with Gasteiger partial charge in [-0.2, -0.15) is 5.10 Å². The van der Waals surface area contributed by atoms with Crippen LogP contribution in [0.25, 0.3) is 0 Å². The van der Waals surface area contributed by atoms with Gasteiger partial charge in [0, 0.05) is 11.8 Å². The van der Waals surface area contributed by atoms with Crippen molar-refractivity contribution >= 4 is 17.3 Å². The van der Waals surface area contributed by atoms with Crippen LogP contribution in [0.15, 0.2) is 100 Å². The smallest absolute Gasteiger partial charge is 0.201 e. The predicted octanol–water partition coefficient (Wildman–Crippen LogP) is 4.64. The van der Waals surface area contributed by atoms with E-state index in [2.05, 4.69) is 25.7 Å². The number of hydrogen-bond donors (Lipinski definition) is 1. The number of nitrogens with zero attached hydrogens (tertiary/aromatic N) is 4. The van der Waals surface area contributed by atoms with E-state index in [9.17, 15) is 0 Å². The van der Waals surface area contributed by atoms with Crippen molar-refractivity contribution in [1.82, 2.24) is 4.98 Å². The summed E-state index contributed by atoms with van der Waals surface area (Å²) in [6.45, 7) is 0. The van der Waals surface area contributed by atoms with E-state index in [1.54, 1.807) is 6.20 Å². The first kappa shape index (κ1) is 14.6. The van der Waals surface area contributed by atoms with Crippen LogP contribution in [0.4, 0.5) is 11.5 Å². The number of anilines is 1. The number of nitrogens with one attached hydrogen (secondary N) is 1. The van der Waals surface area contributed by atoms with Crippen LogP contribution in [0.1, 0.15) is 5.56 Å². The maximum Gasteiger partial charge on any atom is 0.201 e. The van der Waals surface area contributed by atoms with E-state index in [-0.39, 0.29) is 0 Å². The summed E-state index contributed by atoms with van der Waals surface area (Å²) in [7, 11) is 0. The number of hydrogen-bond acceptors (Lipinski definition) is 4. The average Bonchev–Trinajstić information content (AvgIpc) is 2.64. The zero-order valence-electron chi connectivity index (χ0n) is 12.4. The summed E-state index contributed by atoms with van der Waals surface area (Å²) in [5.41, 5.74) is 4.55. The largest absolute Gasteiger partial charge is 0.259 e. The fourth-order valence-corrected chi connectivity index (χ4v) is 1.87. The first-order chi connectivity index (χ1) is 11.4. The second kappa shape index (κ2) is 7.61. The second-order valence-electron chi connectivity index (χ2n) is 4.66. The molecule has 1 aromatic heterocycles. The Kier molecular flexibility index (Phi) is 4.83. The van der Waals surface area contributed by atoms with Gasteiger partial charge >= 0.3 is 0 Å². The molecule has 5 heteroatoms. The molecule has 0 amide bonds. The first-order valence-corrected chi connectivity index (χ1v) is 7.19. The molecule has 0 saturated carbocycles. The number of amidine groups is 1. The number of aromatic nitrogens is 1. The molecule has 112 valence electrons. The summed E-state index contributed by atoms with van der Waals surface area (Å²) in [6.07, 6.45) is 1.70. The zero-order chi connectivity index (χ0) is 15.7. The molecule has 0 aliphatic heterocycles. The molecule has 0 spiro atoms. The molecule has 0 unspecified atom stereocenters. The fourth-order valence-electron chi connectivity index (χ4n) is 1.87. The molecule has 1 N–H and O–H groups in total. The van der Waals surface area contributed by atoms with E-state index >= 15 is 0 Å². The summed E-state index contributed by atoms with van der Waals surface area (Å²) in [5.74, 6) is 1.14. The minimum Gasteiger partial charge on any atom is -0.259 e. The third-order valence-electron chi connectivity index (χ3n) is 2.99. The van der Waals surface area contributed by atoms with Crippen LogP contribution in [0, 0.1) is 0 Å². The minimum absolute atomic E-state index is 0.486. The highest BCUT2D eigenvalue weighted by Crippen LogP contribution is 2.12. The third kappa shape index (κ3) is 4.31. The van der Waals surface area contributed by atoms with E-state index in [1.165, 1.54) is 0 Å². The minimum atomic E-state index is 0.486. The van der Waals surface area contributed by atoms with Crippen LogP contribution < -0.4 is 5.43 Å². The SMILES string of the molecule is c1ccc(/N=N/C(=N/Nc2ccccn2)c2ccccc2)cc1. The van der Waals surface area contributed by atoms with Crippen molar-refractivity contribution in [2.45, 2.75) is 0 Å². The van der Waals surface area contributed by atoms with Crippen LogP contribution >= 0.6 is 0 Å². The van der Waals surface area contributed by atoms with Gasteiger partial charge in [0.05, 0.1) is 5.69 Å². The Labute approximate surface area is 134 Å². The van der Waals surface area contributed by atoms with Crippen LogP contribution in [0.5, 0.6) is 0 Å². The molecule has 0 fully saturated rings. The van der Waals surface area contributed by atoms with Crippen molar-refractivity contribution in [3.8, 4) is 0 Å². The summed E-state index contributed by atoms with van der Waals surface area (Å²) in [4.78, 5) is 4.17. The zero-order valence-corrected chi connectivity index (χ0v) is 12.4. The summed E-state index contributed by atoms with van der Waals surface area (Å²) < 4.78 is 0. The molecule has 3 aromatic rings. The molecular weight excluding hydrogens is 286 g/mol. The first-order valence-electron chi connectivity index (χ1n) is 7.19. The van der Waals surface area contributed by atoms with Crippen LogP contribution in [-0.2, 0) is 0 Å². The van der Waals surface area contributed by atoms with Crippen molar-refractivity contribution in [1.29, 1.82) is 0 Å². The topological polar surface area (TPSA) is 62.0 Å². The van der Waals surface area contributed by atoms with Crippen molar-refractivity contribution < 1.29 is 0 Å². The maximum atomic E-state index is 4.32. The molecule has 1 heterocycles. The molecule has 5 nitrogen and oxygen atoms in total. The molecule has 23 heavy (non-hydrogen) atoms. The van der Waals surface area contributed by atoms with E-state index < -0.39 is 0 Å². The molecule has 2 aromatic carbocycles. The van der Waals surface area contributed by atoms with Crippen molar-refractivity contribution in [2.24, 2.45) is 15.3 Å². The highest BCUT2D eigenvalue weighted by atomic mass is 15.4. The van der Waals surface area contributed by atoms with Gasteiger partial charge in [-0.15, -0.1) is 10.2 Å². The van der Waals surface area contributed by atoms with Crippen LogP contribution in [0.2, 0.25) is 0 Å². The highest BCUT2D eigenvalue weighted by Gasteiger charge is 2.02. The van der Waals surface area contributed by atoms with Crippen LogP contribution in [-0.4, -0.2) is 10.8 Å². The van der Waals surface area contributed by atoms with Crippen LogP contribution in [0.3, 0.4) is 0 Å². The van der Waals surface area contributed by atoms with Gasteiger partial charge in [0.1, 0.15) is 5.82 Å². The predicted molar refractivity (Wildman–Crippen MR) is 91.8 cm³/mol. The Morgan fingerprint density at radius 1 is 0.783 bits per heavy atom. The molecule has 0 radical (unpaired) electrons. The number of rotatable bonds is 4. The summed E-state index contributed by atoms with van der Waals surface area (Å²) >= 11 is 0. The maximum absolute atomic E-state index is 4.32. The Hall–Kier alpha value is -3.34. The second-order valence-corrected chi connectivity index (χ2v) is 4.66. The number of azo groups is 1. The van der Waals surface area contributed by atoms with E-state index in [0.29, 0.717) is 11.7 Å². The normalized spacial score (nSPS) is 11.6. The lowest BCUT2D eigenvalue weighted by atomic mass is 10.2. The Bertz CT molecular complexity index is 783.